The van der Waals surface area contributed by atoms with Crippen LogP contribution in [0.25, 0.3) is 0 Å². The number of aromatic carboxylic acids is 1. The van der Waals surface area contributed by atoms with Gasteiger partial charge in [-0.15, -0.1) is 11.3 Å². The summed E-state index contributed by atoms with van der Waals surface area (Å²) in [6.45, 7) is 1.96. The number of aromatic nitrogens is 1. The molecule has 0 atom stereocenters. The standard InChI is InChI=1S/C9H10F3NO2S2/c1-2-3-16-4-5-13-7(9(10,11)12)6(17-5)8(14)15/h2-4H2,1H3,(H,14,15). The van der Waals surface area contributed by atoms with Gasteiger partial charge in [0, 0.05) is 5.75 Å². The molecule has 0 fully saturated rings. The van der Waals surface area contributed by atoms with E-state index in [1.54, 1.807) is 0 Å². The van der Waals surface area contributed by atoms with E-state index in [9.17, 15) is 18.0 Å². The van der Waals surface area contributed by atoms with Crippen LogP contribution in [-0.4, -0.2) is 21.8 Å². The normalized spacial score (nSPS) is 11.8. The Balaban J connectivity index is 2.93. The SMILES string of the molecule is CCCSCc1nc(C(F)(F)F)c(C(=O)O)s1. The highest BCUT2D eigenvalue weighted by Gasteiger charge is 2.39. The van der Waals surface area contributed by atoms with Crippen molar-refractivity contribution in [3.63, 3.8) is 0 Å². The van der Waals surface area contributed by atoms with E-state index in [-0.39, 0.29) is 5.01 Å². The summed E-state index contributed by atoms with van der Waals surface area (Å²) in [5.74, 6) is -0.459. The molecule has 0 saturated carbocycles. The molecule has 0 aliphatic rings. The zero-order valence-electron chi connectivity index (χ0n) is 8.87. The van der Waals surface area contributed by atoms with Crippen molar-refractivity contribution in [1.82, 2.24) is 4.98 Å². The molecule has 0 unspecified atom stereocenters. The number of halogens is 3. The Hall–Kier alpha value is -0.760. The van der Waals surface area contributed by atoms with E-state index >= 15 is 0 Å². The average molecular weight is 285 g/mol. The van der Waals surface area contributed by atoms with Gasteiger partial charge < -0.3 is 5.11 Å². The molecule has 0 bridgehead atoms. The number of thioether (sulfide) groups is 1. The van der Waals surface area contributed by atoms with E-state index in [4.69, 9.17) is 5.11 Å². The highest BCUT2D eigenvalue weighted by Crippen LogP contribution is 2.35. The highest BCUT2D eigenvalue weighted by atomic mass is 32.2. The Morgan fingerprint density at radius 3 is 2.59 bits per heavy atom. The van der Waals surface area contributed by atoms with E-state index in [0.717, 1.165) is 12.2 Å². The van der Waals surface area contributed by atoms with E-state index in [1.165, 1.54) is 11.8 Å². The predicted molar refractivity (Wildman–Crippen MR) is 60.5 cm³/mol. The van der Waals surface area contributed by atoms with Crippen molar-refractivity contribution in [2.24, 2.45) is 0 Å². The minimum atomic E-state index is -4.71. The molecule has 1 aromatic heterocycles. The van der Waals surface area contributed by atoms with Crippen molar-refractivity contribution in [3.05, 3.63) is 15.6 Å². The summed E-state index contributed by atoms with van der Waals surface area (Å²) < 4.78 is 37.5. The molecule has 0 amide bonds. The monoisotopic (exact) mass is 285 g/mol. The Morgan fingerprint density at radius 2 is 2.18 bits per heavy atom. The van der Waals surface area contributed by atoms with Crippen LogP contribution in [0.15, 0.2) is 0 Å². The number of carboxylic acids is 1. The quantitative estimate of drug-likeness (QED) is 0.841. The fraction of sp³-hybridized carbons (Fsp3) is 0.556. The van der Waals surface area contributed by atoms with E-state index in [2.05, 4.69) is 4.98 Å². The van der Waals surface area contributed by atoms with Gasteiger partial charge in [-0.3, -0.25) is 0 Å². The second-order valence-electron chi connectivity index (χ2n) is 3.14. The maximum atomic E-state index is 12.5. The first-order chi connectivity index (χ1) is 7.86. The molecule has 0 aliphatic carbocycles. The molecule has 17 heavy (non-hydrogen) atoms. The van der Waals surface area contributed by atoms with Crippen LogP contribution >= 0.6 is 23.1 Å². The summed E-state index contributed by atoms with van der Waals surface area (Å²) in [5, 5.41) is 8.88. The van der Waals surface area contributed by atoms with E-state index in [1.807, 2.05) is 6.92 Å². The van der Waals surface area contributed by atoms with Gasteiger partial charge in [0.05, 0.1) is 0 Å². The van der Waals surface area contributed by atoms with E-state index < -0.39 is 22.7 Å². The van der Waals surface area contributed by atoms with Crippen LogP contribution in [0.2, 0.25) is 0 Å². The molecular formula is C9H10F3NO2S2. The lowest BCUT2D eigenvalue weighted by atomic mass is 10.3. The van der Waals surface area contributed by atoms with Crippen molar-refractivity contribution in [2.75, 3.05) is 5.75 Å². The van der Waals surface area contributed by atoms with Gasteiger partial charge in [0.1, 0.15) is 9.88 Å². The van der Waals surface area contributed by atoms with Crippen molar-refractivity contribution in [2.45, 2.75) is 25.3 Å². The molecule has 0 saturated heterocycles. The fourth-order valence-corrected chi connectivity index (χ4v) is 2.94. The molecule has 0 radical (unpaired) electrons. The summed E-state index contributed by atoms with van der Waals surface area (Å²) in [5.41, 5.74) is -1.29. The van der Waals surface area contributed by atoms with Crippen molar-refractivity contribution in [3.8, 4) is 0 Å². The van der Waals surface area contributed by atoms with Crippen molar-refractivity contribution in [1.29, 1.82) is 0 Å². The molecular weight excluding hydrogens is 275 g/mol. The first kappa shape index (κ1) is 14.3. The van der Waals surface area contributed by atoms with Gasteiger partial charge in [-0.25, -0.2) is 9.78 Å². The summed E-state index contributed by atoms with van der Waals surface area (Å²) in [6, 6.07) is 0. The van der Waals surface area contributed by atoms with Crippen LogP contribution in [0.4, 0.5) is 13.2 Å². The lowest BCUT2D eigenvalue weighted by Gasteiger charge is -2.02. The zero-order chi connectivity index (χ0) is 13.1. The number of nitrogens with zero attached hydrogens (tertiary/aromatic N) is 1. The number of alkyl halides is 3. The molecule has 0 spiro atoms. The highest BCUT2D eigenvalue weighted by molar-refractivity contribution is 7.98. The van der Waals surface area contributed by atoms with Crippen LogP contribution < -0.4 is 0 Å². The number of carboxylic acid groups (broad SMARTS) is 1. The maximum Gasteiger partial charge on any atom is 0.435 e. The van der Waals surface area contributed by atoms with Crippen LogP contribution in [-0.2, 0) is 11.9 Å². The third-order valence-electron chi connectivity index (χ3n) is 1.71. The van der Waals surface area contributed by atoms with Gasteiger partial charge in [0.2, 0.25) is 0 Å². The first-order valence-electron chi connectivity index (χ1n) is 4.74. The molecule has 1 heterocycles. The van der Waals surface area contributed by atoms with Gasteiger partial charge in [0.15, 0.2) is 5.69 Å². The number of carbonyl (C=O) groups is 1. The van der Waals surface area contributed by atoms with Crippen LogP contribution in [0, 0.1) is 0 Å². The summed E-state index contributed by atoms with van der Waals surface area (Å²) in [7, 11) is 0. The average Bonchev–Trinajstić information content (AvgIpc) is 2.62. The largest absolute Gasteiger partial charge is 0.477 e. The molecule has 0 aliphatic heterocycles. The minimum Gasteiger partial charge on any atom is -0.477 e. The molecule has 3 nitrogen and oxygen atoms in total. The molecule has 96 valence electrons. The Bertz CT molecular complexity index is 403. The first-order valence-corrected chi connectivity index (χ1v) is 6.71. The lowest BCUT2D eigenvalue weighted by molar-refractivity contribution is -0.141. The van der Waals surface area contributed by atoms with Gasteiger partial charge in [-0.1, -0.05) is 6.92 Å². The lowest BCUT2D eigenvalue weighted by Crippen LogP contribution is -2.11. The van der Waals surface area contributed by atoms with Crippen molar-refractivity contribution < 1.29 is 23.1 Å². The number of hydrogen-bond acceptors (Lipinski definition) is 4. The summed E-state index contributed by atoms with van der Waals surface area (Å²) >= 11 is 2.03. The Kier molecular flexibility index (Phi) is 4.81. The van der Waals surface area contributed by atoms with Crippen LogP contribution in [0.3, 0.4) is 0 Å². The molecule has 1 aromatic rings. The number of hydrogen-bond donors (Lipinski definition) is 1. The van der Waals surface area contributed by atoms with E-state index in [0.29, 0.717) is 17.1 Å². The topological polar surface area (TPSA) is 50.2 Å². The van der Waals surface area contributed by atoms with Crippen molar-refractivity contribution >= 4 is 29.1 Å². The Morgan fingerprint density at radius 1 is 1.53 bits per heavy atom. The number of rotatable bonds is 5. The number of thiazole rings is 1. The molecule has 0 aromatic carbocycles. The third kappa shape index (κ3) is 3.88. The zero-order valence-corrected chi connectivity index (χ0v) is 10.5. The summed E-state index contributed by atoms with van der Waals surface area (Å²) in [6.07, 6.45) is -3.80. The summed E-state index contributed by atoms with van der Waals surface area (Å²) in [4.78, 5) is 13.3. The van der Waals surface area contributed by atoms with Gasteiger partial charge in [-0.2, -0.15) is 24.9 Å². The molecule has 1 N–H and O–H groups in total. The van der Waals surface area contributed by atoms with Crippen LogP contribution in [0.5, 0.6) is 0 Å². The predicted octanol–water partition coefficient (Wildman–Crippen LogP) is 3.50. The Labute approximate surface area is 104 Å². The minimum absolute atomic E-state index is 0.202. The third-order valence-corrected chi connectivity index (χ3v) is 4.11. The molecule has 1 rings (SSSR count). The molecule has 8 heteroatoms. The fourth-order valence-electron chi connectivity index (χ4n) is 1.07. The van der Waals surface area contributed by atoms with Gasteiger partial charge in [0.25, 0.3) is 0 Å². The maximum absolute atomic E-state index is 12.5. The second kappa shape index (κ2) is 5.72. The van der Waals surface area contributed by atoms with Gasteiger partial charge >= 0.3 is 12.1 Å². The van der Waals surface area contributed by atoms with Crippen LogP contribution in [0.1, 0.15) is 33.7 Å². The smallest absolute Gasteiger partial charge is 0.435 e. The van der Waals surface area contributed by atoms with Gasteiger partial charge in [-0.05, 0) is 12.2 Å². The second-order valence-corrected chi connectivity index (χ2v) is 5.33.